The van der Waals surface area contributed by atoms with Crippen LogP contribution in [-0.2, 0) is 9.59 Å². The van der Waals surface area contributed by atoms with E-state index in [1.165, 1.54) is 25.3 Å². The van der Waals surface area contributed by atoms with E-state index in [1.807, 2.05) is 6.92 Å². The van der Waals surface area contributed by atoms with Crippen LogP contribution in [0.5, 0.6) is 5.75 Å². The Bertz CT molecular complexity index is 620. The number of nitro groups is 1. The molecule has 3 N–H and O–H groups in total. The van der Waals surface area contributed by atoms with Crippen molar-refractivity contribution in [2.24, 2.45) is 0 Å². The zero-order chi connectivity index (χ0) is 18.8. The lowest BCUT2D eigenvalue weighted by Gasteiger charge is -2.15. The first-order chi connectivity index (χ1) is 11.9. The van der Waals surface area contributed by atoms with Gasteiger partial charge in [0.15, 0.2) is 0 Å². The highest BCUT2D eigenvalue weighted by atomic mass is 16.6. The van der Waals surface area contributed by atoms with Crippen LogP contribution in [0, 0.1) is 10.1 Å². The third kappa shape index (κ3) is 6.76. The molecule has 0 aliphatic heterocycles. The summed E-state index contributed by atoms with van der Waals surface area (Å²) in [5, 5.41) is 25.3. The number of rotatable bonds is 11. The monoisotopic (exact) mass is 353 g/mol. The molecule has 0 aromatic heterocycles. The first-order valence-electron chi connectivity index (χ1n) is 7.97. The highest BCUT2D eigenvalue weighted by Gasteiger charge is 2.22. The molecule has 0 bridgehead atoms. The van der Waals surface area contributed by atoms with Crippen molar-refractivity contribution in [1.82, 2.24) is 5.32 Å². The molecule has 1 unspecified atom stereocenters. The summed E-state index contributed by atoms with van der Waals surface area (Å²) in [7, 11) is 1.37. The summed E-state index contributed by atoms with van der Waals surface area (Å²) < 4.78 is 5.06. The summed E-state index contributed by atoms with van der Waals surface area (Å²) in [5.41, 5.74) is -0.0830. The number of aliphatic carboxylic acids is 1. The number of unbranched alkanes of at least 4 members (excludes halogenated alkanes) is 2. The standard InChI is InChI=1S/C16H23N3O6/c1-3-4-5-8-17-13(16(21)22)10-15(20)18-12-9-11(19(23)24)6-7-14(12)25-2/h6-7,9,13,17H,3-5,8,10H2,1-2H3,(H,18,20)(H,21,22). The summed E-state index contributed by atoms with van der Waals surface area (Å²) >= 11 is 0. The van der Waals surface area contributed by atoms with Crippen molar-refractivity contribution in [3.8, 4) is 5.75 Å². The highest BCUT2D eigenvalue weighted by molar-refractivity contribution is 5.95. The Balaban J connectivity index is 2.74. The second-order valence-electron chi connectivity index (χ2n) is 5.45. The number of nitrogens with zero attached hydrogens (tertiary/aromatic N) is 1. The van der Waals surface area contributed by atoms with Crippen molar-refractivity contribution in [1.29, 1.82) is 0 Å². The topological polar surface area (TPSA) is 131 Å². The number of nitrogens with one attached hydrogen (secondary N) is 2. The molecule has 0 radical (unpaired) electrons. The van der Waals surface area contributed by atoms with Crippen molar-refractivity contribution >= 4 is 23.3 Å². The molecule has 9 nitrogen and oxygen atoms in total. The van der Waals surface area contributed by atoms with Gasteiger partial charge in [-0.25, -0.2) is 0 Å². The SMILES string of the molecule is CCCCCNC(CC(=O)Nc1cc([N+](=O)[O-])ccc1OC)C(=O)O. The lowest BCUT2D eigenvalue weighted by molar-refractivity contribution is -0.384. The van der Waals surface area contributed by atoms with Crippen LogP contribution in [0.4, 0.5) is 11.4 Å². The molecule has 1 aromatic carbocycles. The number of anilines is 1. The van der Waals surface area contributed by atoms with Gasteiger partial charge in [0.2, 0.25) is 5.91 Å². The van der Waals surface area contributed by atoms with Gasteiger partial charge in [0.05, 0.1) is 24.1 Å². The molecule has 0 aliphatic carbocycles. The number of carboxylic acids is 1. The number of ether oxygens (including phenoxy) is 1. The van der Waals surface area contributed by atoms with Gasteiger partial charge in [-0.3, -0.25) is 19.7 Å². The van der Waals surface area contributed by atoms with Gasteiger partial charge in [0.25, 0.3) is 5.69 Å². The van der Waals surface area contributed by atoms with Gasteiger partial charge in [-0.05, 0) is 19.0 Å². The van der Waals surface area contributed by atoms with Crippen LogP contribution in [0.25, 0.3) is 0 Å². The summed E-state index contributed by atoms with van der Waals surface area (Å²) in [6.45, 7) is 2.53. The summed E-state index contributed by atoms with van der Waals surface area (Å²) in [6.07, 6.45) is 2.50. The number of benzene rings is 1. The van der Waals surface area contributed by atoms with Crippen molar-refractivity contribution in [3.63, 3.8) is 0 Å². The van der Waals surface area contributed by atoms with E-state index in [9.17, 15) is 24.8 Å². The Morgan fingerprint density at radius 3 is 2.64 bits per heavy atom. The molecule has 1 rings (SSSR count). The maximum atomic E-state index is 12.1. The van der Waals surface area contributed by atoms with Crippen molar-refractivity contribution in [2.45, 2.75) is 38.6 Å². The fourth-order valence-corrected chi connectivity index (χ4v) is 2.19. The van der Waals surface area contributed by atoms with E-state index >= 15 is 0 Å². The molecule has 0 aliphatic rings. The van der Waals surface area contributed by atoms with Gasteiger partial charge in [0.1, 0.15) is 11.8 Å². The molecule has 1 atom stereocenters. The van der Waals surface area contributed by atoms with Gasteiger partial charge in [0, 0.05) is 12.1 Å². The number of carboxylic acid groups (broad SMARTS) is 1. The van der Waals surface area contributed by atoms with E-state index in [2.05, 4.69) is 10.6 Å². The molecule has 0 spiro atoms. The number of hydrogen-bond donors (Lipinski definition) is 3. The first kappa shape index (κ1) is 20.4. The van der Waals surface area contributed by atoms with Gasteiger partial charge < -0.3 is 20.5 Å². The van der Waals surface area contributed by atoms with E-state index in [0.29, 0.717) is 6.54 Å². The van der Waals surface area contributed by atoms with Crippen LogP contribution in [0.2, 0.25) is 0 Å². The number of carbonyl (C=O) groups excluding carboxylic acids is 1. The van der Waals surface area contributed by atoms with E-state index in [1.54, 1.807) is 0 Å². The van der Waals surface area contributed by atoms with Crippen molar-refractivity contribution in [3.05, 3.63) is 28.3 Å². The predicted molar refractivity (Wildman–Crippen MR) is 91.8 cm³/mol. The fourth-order valence-electron chi connectivity index (χ4n) is 2.19. The van der Waals surface area contributed by atoms with Crippen molar-refractivity contribution in [2.75, 3.05) is 19.0 Å². The first-order valence-corrected chi connectivity index (χ1v) is 7.97. The molecule has 9 heteroatoms. The van der Waals surface area contributed by atoms with Gasteiger partial charge in [-0.15, -0.1) is 0 Å². The smallest absolute Gasteiger partial charge is 0.321 e. The minimum Gasteiger partial charge on any atom is -0.495 e. The molecule has 1 amide bonds. The van der Waals surface area contributed by atoms with Crippen LogP contribution in [0.15, 0.2) is 18.2 Å². The normalized spacial score (nSPS) is 11.6. The Hall–Kier alpha value is -2.68. The van der Waals surface area contributed by atoms with Gasteiger partial charge in [-0.2, -0.15) is 0 Å². The van der Waals surface area contributed by atoms with Crippen LogP contribution in [-0.4, -0.2) is 41.6 Å². The van der Waals surface area contributed by atoms with Crippen LogP contribution < -0.4 is 15.4 Å². The van der Waals surface area contributed by atoms with Gasteiger partial charge >= 0.3 is 5.97 Å². The van der Waals surface area contributed by atoms with Crippen molar-refractivity contribution < 1.29 is 24.4 Å². The maximum absolute atomic E-state index is 12.1. The second kappa shape index (κ2) is 10.2. The fraction of sp³-hybridized carbons (Fsp3) is 0.500. The zero-order valence-corrected chi connectivity index (χ0v) is 14.3. The predicted octanol–water partition coefficient (Wildman–Crippen LogP) is 2.17. The van der Waals surface area contributed by atoms with Crippen LogP contribution in [0.1, 0.15) is 32.6 Å². The van der Waals surface area contributed by atoms with E-state index < -0.39 is 22.8 Å². The number of non-ortho nitro benzene ring substituents is 1. The van der Waals surface area contributed by atoms with E-state index in [4.69, 9.17) is 4.74 Å². The minimum atomic E-state index is -1.13. The number of carbonyl (C=O) groups is 2. The Labute approximate surface area is 145 Å². The van der Waals surface area contributed by atoms with Crippen LogP contribution >= 0.6 is 0 Å². The van der Waals surface area contributed by atoms with E-state index in [-0.39, 0.29) is 23.5 Å². The molecule has 0 heterocycles. The summed E-state index contributed by atoms with van der Waals surface area (Å²) in [6, 6.07) is 2.76. The lowest BCUT2D eigenvalue weighted by Crippen LogP contribution is -2.40. The van der Waals surface area contributed by atoms with E-state index in [0.717, 1.165) is 19.3 Å². The quantitative estimate of drug-likeness (QED) is 0.315. The molecule has 0 fully saturated rings. The molecule has 0 saturated heterocycles. The largest absolute Gasteiger partial charge is 0.495 e. The molecule has 138 valence electrons. The second-order valence-corrected chi connectivity index (χ2v) is 5.45. The van der Waals surface area contributed by atoms with Crippen LogP contribution in [0.3, 0.4) is 0 Å². The molecule has 1 aromatic rings. The molecular weight excluding hydrogens is 330 g/mol. The highest BCUT2D eigenvalue weighted by Crippen LogP contribution is 2.29. The summed E-state index contributed by atoms with van der Waals surface area (Å²) in [5.74, 6) is -1.45. The molecule has 0 saturated carbocycles. The average Bonchev–Trinajstić information content (AvgIpc) is 2.57. The Kier molecular flexibility index (Phi) is 8.34. The zero-order valence-electron chi connectivity index (χ0n) is 14.3. The number of hydrogen-bond acceptors (Lipinski definition) is 6. The lowest BCUT2D eigenvalue weighted by atomic mass is 10.1. The third-order valence-corrected chi connectivity index (χ3v) is 3.53. The number of nitro benzene ring substituents is 1. The molecule has 25 heavy (non-hydrogen) atoms. The molecular formula is C16H23N3O6. The maximum Gasteiger partial charge on any atom is 0.321 e. The Morgan fingerprint density at radius 2 is 2.08 bits per heavy atom. The van der Waals surface area contributed by atoms with Gasteiger partial charge in [-0.1, -0.05) is 19.8 Å². The minimum absolute atomic E-state index is 0.122. The average molecular weight is 353 g/mol. The summed E-state index contributed by atoms with van der Waals surface area (Å²) in [4.78, 5) is 33.6. The number of methoxy groups -OCH3 is 1. The number of amides is 1. The third-order valence-electron chi connectivity index (χ3n) is 3.53. The Morgan fingerprint density at radius 1 is 1.36 bits per heavy atom.